The summed E-state index contributed by atoms with van der Waals surface area (Å²) in [7, 11) is 0. The van der Waals surface area contributed by atoms with Crippen LogP contribution in [0.1, 0.15) is 18.9 Å². The Hall–Kier alpha value is -2.36. The van der Waals surface area contributed by atoms with Crippen LogP contribution in [0, 0.1) is 24.4 Å². The van der Waals surface area contributed by atoms with Crippen LogP contribution in [0.15, 0.2) is 29.2 Å². The molecule has 2 aromatic rings. The molecule has 0 spiro atoms. The van der Waals surface area contributed by atoms with Gasteiger partial charge < -0.3 is 9.47 Å². The Morgan fingerprint density at radius 3 is 2.28 bits per heavy atom. The number of aryl methyl sites for hydroxylation is 1. The van der Waals surface area contributed by atoms with E-state index < -0.39 is 40.4 Å². The lowest BCUT2D eigenvalue weighted by Crippen LogP contribution is -2.18. The lowest BCUT2D eigenvalue weighted by Gasteiger charge is -2.16. The zero-order valence-electron chi connectivity index (χ0n) is 15.3. The van der Waals surface area contributed by atoms with E-state index in [1.54, 1.807) is 6.92 Å². The van der Waals surface area contributed by atoms with Gasteiger partial charge in [-0.05, 0) is 31.5 Å². The van der Waals surface area contributed by atoms with Crippen LogP contribution in [-0.2, 0) is 9.53 Å². The highest BCUT2D eigenvalue weighted by atomic mass is 32.2. The Morgan fingerprint density at radius 2 is 1.66 bits per heavy atom. The summed E-state index contributed by atoms with van der Waals surface area (Å²) in [6.07, 6.45) is -5.30. The number of carbonyl (C=O) groups excluding carboxylic acids is 1. The second-order valence-corrected chi connectivity index (χ2v) is 6.87. The summed E-state index contributed by atoms with van der Waals surface area (Å²) in [4.78, 5) is 11.0. The fourth-order valence-corrected chi connectivity index (χ4v) is 3.45. The van der Waals surface area contributed by atoms with Crippen LogP contribution < -0.4 is 4.74 Å². The van der Waals surface area contributed by atoms with E-state index in [1.165, 1.54) is 19.1 Å². The largest absolute Gasteiger partial charge is 0.573 e. The Labute approximate surface area is 167 Å². The maximum absolute atomic E-state index is 14.8. The minimum absolute atomic E-state index is 0.0141. The summed E-state index contributed by atoms with van der Waals surface area (Å²) in [5.41, 5.74) is -0.480. The SMILES string of the molecule is CCOC(=O)CCSc1c(-c2ccc(C)c(F)c2F)ccc(OC(F)(F)F)c1F. The molecule has 0 aliphatic carbocycles. The number of rotatable bonds is 7. The molecule has 10 heteroatoms. The summed E-state index contributed by atoms with van der Waals surface area (Å²) >= 11 is 0.669. The Kier molecular flexibility index (Phi) is 7.45. The van der Waals surface area contributed by atoms with Gasteiger partial charge in [0, 0.05) is 16.9 Å². The van der Waals surface area contributed by atoms with Gasteiger partial charge in [0.1, 0.15) is 0 Å². The van der Waals surface area contributed by atoms with Crippen LogP contribution in [-0.4, -0.2) is 24.7 Å². The van der Waals surface area contributed by atoms with E-state index in [0.717, 1.165) is 6.07 Å². The smallest absolute Gasteiger partial charge is 0.466 e. The lowest BCUT2D eigenvalue weighted by atomic mass is 10.0. The zero-order valence-corrected chi connectivity index (χ0v) is 16.1. The Morgan fingerprint density at radius 1 is 1.00 bits per heavy atom. The molecule has 0 heterocycles. The number of ether oxygens (including phenoxy) is 2. The number of thioether (sulfide) groups is 1. The number of hydrogen-bond acceptors (Lipinski definition) is 4. The van der Waals surface area contributed by atoms with Gasteiger partial charge in [-0.1, -0.05) is 12.1 Å². The minimum Gasteiger partial charge on any atom is -0.466 e. The van der Waals surface area contributed by atoms with E-state index in [-0.39, 0.29) is 35.5 Å². The second-order valence-electron chi connectivity index (χ2n) is 5.76. The molecule has 0 amide bonds. The first-order valence-electron chi connectivity index (χ1n) is 8.36. The topological polar surface area (TPSA) is 35.5 Å². The van der Waals surface area contributed by atoms with Crippen LogP contribution in [0.4, 0.5) is 26.3 Å². The van der Waals surface area contributed by atoms with Gasteiger partial charge in [-0.15, -0.1) is 24.9 Å². The van der Waals surface area contributed by atoms with Crippen molar-refractivity contribution in [3.05, 3.63) is 47.3 Å². The standard InChI is InChI=1S/C19H16F6O3S/c1-3-27-14(26)8-9-29-18-12(11-5-4-10(2)15(20)16(11)21)6-7-13(17(18)22)28-19(23,24)25/h4-7H,3,8-9H2,1-2H3. The fourth-order valence-electron chi connectivity index (χ4n) is 2.42. The first-order valence-corrected chi connectivity index (χ1v) is 9.35. The molecule has 0 unspecified atom stereocenters. The van der Waals surface area contributed by atoms with E-state index in [9.17, 15) is 31.1 Å². The zero-order chi connectivity index (χ0) is 21.8. The van der Waals surface area contributed by atoms with Crippen molar-refractivity contribution in [2.45, 2.75) is 31.5 Å². The quantitative estimate of drug-likeness (QED) is 0.301. The van der Waals surface area contributed by atoms with Crippen LogP contribution in [0.5, 0.6) is 5.75 Å². The molecular formula is C19H16F6O3S. The molecule has 158 valence electrons. The van der Waals surface area contributed by atoms with E-state index in [1.807, 2.05) is 0 Å². The van der Waals surface area contributed by atoms with Crippen molar-refractivity contribution in [1.29, 1.82) is 0 Å². The van der Waals surface area contributed by atoms with E-state index in [0.29, 0.717) is 17.8 Å². The van der Waals surface area contributed by atoms with Crippen molar-refractivity contribution >= 4 is 17.7 Å². The predicted molar refractivity (Wildman–Crippen MR) is 95.1 cm³/mol. The van der Waals surface area contributed by atoms with Crippen molar-refractivity contribution < 1.29 is 40.6 Å². The van der Waals surface area contributed by atoms with Gasteiger partial charge in [-0.25, -0.2) is 13.2 Å². The first kappa shape index (κ1) is 22.9. The Bertz CT molecular complexity index is 898. The van der Waals surface area contributed by atoms with Gasteiger partial charge in [-0.2, -0.15) is 0 Å². The molecule has 0 atom stereocenters. The van der Waals surface area contributed by atoms with Gasteiger partial charge in [0.05, 0.1) is 17.9 Å². The molecule has 2 aromatic carbocycles. The summed E-state index contributed by atoms with van der Waals surface area (Å²) < 4.78 is 89.0. The number of halogens is 6. The van der Waals surface area contributed by atoms with Crippen LogP contribution in [0.3, 0.4) is 0 Å². The predicted octanol–water partition coefficient (Wildman–Crippen LogP) is 6.02. The number of esters is 1. The molecule has 0 N–H and O–H groups in total. The number of hydrogen-bond donors (Lipinski definition) is 0. The fraction of sp³-hybridized carbons (Fsp3) is 0.316. The number of carbonyl (C=O) groups is 1. The van der Waals surface area contributed by atoms with Crippen LogP contribution in [0.25, 0.3) is 11.1 Å². The van der Waals surface area contributed by atoms with Gasteiger partial charge in [0.25, 0.3) is 0 Å². The molecule has 0 fully saturated rings. The molecule has 0 bridgehead atoms. The molecule has 29 heavy (non-hydrogen) atoms. The van der Waals surface area contributed by atoms with Crippen LogP contribution >= 0.6 is 11.8 Å². The minimum atomic E-state index is -5.14. The average molecular weight is 438 g/mol. The summed E-state index contributed by atoms with van der Waals surface area (Å²) in [6, 6.07) is 4.15. The van der Waals surface area contributed by atoms with Crippen molar-refractivity contribution in [3.8, 4) is 16.9 Å². The van der Waals surface area contributed by atoms with Gasteiger partial charge in [0.2, 0.25) is 0 Å². The number of alkyl halides is 3. The van der Waals surface area contributed by atoms with Gasteiger partial charge in [-0.3, -0.25) is 4.79 Å². The molecule has 0 aliphatic heterocycles. The van der Waals surface area contributed by atoms with Crippen molar-refractivity contribution in [2.75, 3.05) is 12.4 Å². The van der Waals surface area contributed by atoms with E-state index in [2.05, 4.69) is 4.74 Å². The number of benzene rings is 2. The molecule has 3 nitrogen and oxygen atoms in total. The molecular weight excluding hydrogens is 422 g/mol. The third-order valence-corrected chi connectivity index (χ3v) is 4.81. The molecule has 2 rings (SSSR count). The average Bonchev–Trinajstić information content (AvgIpc) is 2.63. The molecule has 0 aromatic heterocycles. The summed E-state index contributed by atoms with van der Waals surface area (Å²) in [6.45, 7) is 3.05. The molecule has 0 saturated carbocycles. The summed E-state index contributed by atoms with van der Waals surface area (Å²) in [5.74, 6) is -5.57. The van der Waals surface area contributed by atoms with Crippen molar-refractivity contribution in [2.24, 2.45) is 0 Å². The van der Waals surface area contributed by atoms with Gasteiger partial charge >= 0.3 is 12.3 Å². The van der Waals surface area contributed by atoms with Crippen LogP contribution in [0.2, 0.25) is 0 Å². The monoisotopic (exact) mass is 438 g/mol. The first-order chi connectivity index (χ1) is 13.5. The molecule has 0 radical (unpaired) electrons. The highest BCUT2D eigenvalue weighted by Crippen LogP contribution is 2.41. The van der Waals surface area contributed by atoms with E-state index >= 15 is 0 Å². The molecule has 0 aliphatic rings. The van der Waals surface area contributed by atoms with Crippen molar-refractivity contribution in [3.63, 3.8) is 0 Å². The lowest BCUT2D eigenvalue weighted by molar-refractivity contribution is -0.275. The Balaban J connectivity index is 2.48. The highest BCUT2D eigenvalue weighted by molar-refractivity contribution is 7.99. The highest BCUT2D eigenvalue weighted by Gasteiger charge is 2.33. The maximum atomic E-state index is 14.8. The van der Waals surface area contributed by atoms with E-state index in [4.69, 9.17) is 4.74 Å². The normalized spacial score (nSPS) is 11.4. The van der Waals surface area contributed by atoms with Gasteiger partial charge in [0.15, 0.2) is 23.2 Å². The molecule has 0 saturated heterocycles. The van der Waals surface area contributed by atoms with Crippen molar-refractivity contribution in [1.82, 2.24) is 0 Å². The maximum Gasteiger partial charge on any atom is 0.573 e. The third kappa shape index (κ3) is 5.81. The second kappa shape index (κ2) is 9.43. The third-order valence-electron chi connectivity index (χ3n) is 3.71. The summed E-state index contributed by atoms with van der Waals surface area (Å²) in [5, 5.41) is 0.